The van der Waals surface area contributed by atoms with E-state index in [4.69, 9.17) is 4.74 Å². The van der Waals surface area contributed by atoms with Crippen molar-refractivity contribution in [3.05, 3.63) is 29.3 Å². The van der Waals surface area contributed by atoms with E-state index in [0.717, 1.165) is 42.8 Å². The molecule has 1 aliphatic rings. The maximum absolute atomic E-state index is 11.0. The summed E-state index contributed by atoms with van der Waals surface area (Å²) in [6, 6.07) is 6.02. The van der Waals surface area contributed by atoms with E-state index in [-0.39, 0.29) is 6.04 Å². The molecule has 0 radical (unpaired) electrons. The maximum Gasteiger partial charge on any atom is 0.128 e. The predicted octanol–water partition coefficient (Wildman–Crippen LogP) is 3.69. The van der Waals surface area contributed by atoms with E-state index in [2.05, 4.69) is 32.6 Å². The van der Waals surface area contributed by atoms with Crippen molar-refractivity contribution in [3.8, 4) is 5.75 Å². The molecule has 1 aliphatic heterocycles. The summed E-state index contributed by atoms with van der Waals surface area (Å²) in [7, 11) is 0. The van der Waals surface area contributed by atoms with Crippen LogP contribution in [-0.4, -0.2) is 34.7 Å². The summed E-state index contributed by atoms with van der Waals surface area (Å²) in [4.78, 5) is 2.38. The average molecular weight is 291 g/mol. The number of ether oxygens (including phenoxy) is 1. The van der Waals surface area contributed by atoms with Gasteiger partial charge in [-0.3, -0.25) is 4.90 Å². The van der Waals surface area contributed by atoms with Crippen molar-refractivity contribution < 1.29 is 9.84 Å². The number of hydrogen-bond acceptors (Lipinski definition) is 3. The number of fused-ring (bicyclic) bond motifs is 1. The lowest BCUT2D eigenvalue weighted by Gasteiger charge is -2.48. The molecule has 118 valence electrons. The molecule has 1 aromatic rings. The molecular formula is C18H29NO2. The smallest absolute Gasteiger partial charge is 0.128 e. The lowest BCUT2D eigenvalue weighted by atomic mass is 9.84. The van der Waals surface area contributed by atoms with Gasteiger partial charge < -0.3 is 9.84 Å². The molecule has 1 N–H and O–H groups in total. The number of rotatable bonds is 5. The van der Waals surface area contributed by atoms with E-state index in [1.807, 2.05) is 25.1 Å². The van der Waals surface area contributed by atoms with Crippen LogP contribution >= 0.6 is 0 Å². The van der Waals surface area contributed by atoms with E-state index >= 15 is 0 Å². The summed E-state index contributed by atoms with van der Waals surface area (Å²) < 4.78 is 6.31. The lowest BCUT2D eigenvalue weighted by Crippen LogP contribution is -2.58. The van der Waals surface area contributed by atoms with Gasteiger partial charge >= 0.3 is 0 Å². The molecule has 1 heterocycles. The van der Waals surface area contributed by atoms with Crippen LogP contribution in [0.3, 0.4) is 0 Å². The Hall–Kier alpha value is -1.06. The summed E-state index contributed by atoms with van der Waals surface area (Å²) in [6.07, 6.45) is 1.67. The van der Waals surface area contributed by atoms with Crippen LogP contribution in [0.25, 0.3) is 0 Å². The zero-order chi connectivity index (χ0) is 15.6. The molecule has 2 unspecified atom stereocenters. The number of aliphatic hydroxyl groups is 1. The molecule has 0 saturated heterocycles. The van der Waals surface area contributed by atoms with E-state index in [1.54, 1.807) is 0 Å². The summed E-state index contributed by atoms with van der Waals surface area (Å²) in [5.74, 6) is 0.860. The summed E-state index contributed by atoms with van der Waals surface area (Å²) in [6.45, 7) is 12.6. The van der Waals surface area contributed by atoms with Gasteiger partial charge in [0, 0.05) is 5.56 Å². The summed E-state index contributed by atoms with van der Waals surface area (Å²) in [5, 5.41) is 11.0. The van der Waals surface area contributed by atoms with Gasteiger partial charge in [-0.1, -0.05) is 32.0 Å². The first-order valence-electron chi connectivity index (χ1n) is 8.13. The highest BCUT2D eigenvalue weighted by molar-refractivity contribution is 5.45. The van der Waals surface area contributed by atoms with Gasteiger partial charge in [0.2, 0.25) is 0 Å². The van der Waals surface area contributed by atoms with Gasteiger partial charge in [-0.15, -0.1) is 0 Å². The Bertz CT molecular complexity index is 478. The van der Waals surface area contributed by atoms with Crippen LogP contribution in [0, 0.1) is 6.92 Å². The second kappa shape index (κ2) is 6.37. The fourth-order valence-corrected chi connectivity index (χ4v) is 3.52. The second-order valence-corrected chi connectivity index (χ2v) is 6.62. The standard InChI is InChI=1S/C18H29NO2/c1-6-11-19(12-7-2)17-15(20)14-10-8-9-13(3)16(14)21-18(17,4)5/h8-10,15,17,20H,6-7,11-12H2,1-5H3. The second-order valence-electron chi connectivity index (χ2n) is 6.62. The zero-order valence-corrected chi connectivity index (χ0v) is 14.0. The molecule has 0 amide bonds. The lowest BCUT2D eigenvalue weighted by molar-refractivity contribution is -0.0831. The SMILES string of the molecule is CCCN(CCC)C1C(O)c2cccc(C)c2OC1(C)C. The van der Waals surface area contributed by atoms with Crippen molar-refractivity contribution in [2.24, 2.45) is 0 Å². The van der Waals surface area contributed by atoms with Crippen molar-refractivity contribution in [3.63, 3.8) is 0 Å². The number of aryl methyl sites for hydroxylation is 1. The summed E-state index contributed by atoms with van der Waals surface area (Å²) >= 11 is 0. The largest absolute Gasteiger partial charge is 0.485 e. The molecule has 0 aromatic heterocycles. The van der Waals surface area contributed by atoms with Crippen LogP contribution in [-0.2, 0) is 0 Å². The third-order valence-corrected chi connectivity index (χ3v) is 4.35. The normalized spacial score (nSPS) is 23.8. The van der Waals surface area contributed by atoms with Gasteiger partial charge in [0.15, 0.2) is 0 Å². The maximum atomic E-state index is 11.0. The number of aliphatic hydroxyl groups excluding tert-OH is 1. The third-order valence-electron chi connectivity index (χ3n) is 4.35. The Balaban J connectivity index is 2.42. The predicted molar refractivity (Wildman–Crippen MR) is 86.8 cm³/mol. The highest BCUT2D eigenvalue weighted by atomic mass is 16.5. The van der Waals surface area contributed by atoms with E-state index in [1.165, 1.54) is 0 Å². The topological polar surface area (TPSA) is 32.7 Å². The van der Waals surface area contributed by atoms with Gasteiger partial charge in [0.1, 0.15) is 17.5 Å². The molecule has 1 aromatic carbocycles. The van der Waals surface area contributed by atoms with Crippen LogP contribution in [0.5, 0.6) is 5.75 Å². The first-order valence-corrected chi connectivity index (χ1v) is 8.13. The molecule has 0 aliphatic carbocycles. The number of para-hydroxylation sites is 1. The summed E-state index contributed by atoms with van der Waals surface area (Å²) in [5.41, 5.74) is 1.62. The molecule has 3 heteroatoms. The van der Waals surface area contributed by atoms with Crippen molar-refractivity contribution >= 4 is 0 Å². The third kappa shape index (κ3) is 3.09. The Morgan fingerprint density at radius 2 is 1.81 bits per heavy atom. The van der Waals surface area contributed by atoms with Gasteiger partial charge in [-0.25, -0.2) is 0 Å². The quantitative estimate of drug-likeness (QED) is 0.898. The molecule has 0 saturated carbocycles. The first kappa shape index (κ1) is 16.3. The van der Waals surface area contributed by atoms with Crippen LogP contribution in [0.2, 0.25) is 0 Å². The number of hydrogen-bond donors (Lipinski definition) is 1. The Labute approximate surface area is 128 Å². The molecule has 2 atom stereocenters. The Morgan fingerprint density at radius 3 is 2.38 bits per heavy atom. The average Bonchev–Trinajstić information content (AvgIpc) is 2.40. The van der Waals surface area contributed by atoms with E-state index < -0.39 is 11.7 Å². The molecule has 21 heavy (non-hydrogen) atoms. The number of nitrogens with zero attached hydrogens (tertiary/aromatic N) is 1. The monoisotopic (exact) mass is 291 g/mol. The fourth-order valence-electron chi connectivity index (χ4n) is 3.52. The molecule has 2 rings (SSSR count). The van der Waals surface area contributed by atoms with Crippen molar-refractivity contribution in [2.75, 3.05) is 13.1 Å². The van der Waals surface area contributed by atoms with Gasteiger partial charge in [0.25, 0.3) is 0 Å². The Morgan fingerprint density at radius 1 is 1.19 bits per heavy atom. The molecule has 3 nitrogen and oxygen atoms in total. The van der Waals surface area contributed by atoms with Crippen LogP contribution < -0.4 is 4.74 Å². The van der Waals surface area contributed by atoms with Crippen molar-refractivity contribution in [1.82, 2.24) is 4.90 Å². The minimum Gasteiger partial charge on any atom is -0.485 e. The van der Waals surface area contributed by atoms with Crippen molar-refractivity contribution in [1.29, 1.82) is 0 Å². The fraction of sp³-hybridized carbons (Fsp3) is 0.667. The minimum atomic E-state index is -0.498. The first-order chi connectivity index (χ1) is 9.92. The van der Waals surface area contributed by atoms with Crippen molar-refractivity contribution in [2.45, 2.75) is 65.2 Å². The molecule has 0 spiro atoms. The van der Waals surface area contributed by atoms with Crippen LogP contribution in [0.1, 0.15) is 57.8 Å². The van der Waals surface area contributed by atoms with Gasteiger partial charge in [0.05, 0.1) is 6.04 Å². The zero-order valence-electron chi connectivity index (χ0n) is 14.0. The molecular weight excluding hydrogens is 262 g/mol. The molecule has 0 bridgehead atoms. The van der Waals surface area contributed by atoms with Crippen LogP contribution in [0.15, 0.2) is 18.2 Å². The van der Waals surface area contributed by atoms with Crippen LogP contribution in [0.4, 0.5) is 0 Å². The number of benzene rings is 1. The highest BCUT2D eigenvalue weighted by Crippen LogP contribution is 2.43. The highest BCUT2D eigenvalue weighted by Gasteiger charge is 2.46. The van der Waals surface area contributed by atoms with Gasteiger partial charge in [-0.2, -0.15) is 0 Å². The minimum absolute atomic E-state index is 0.00769. The van der Waals surface area contributed by atoms with Gasteiger partial charge in [-0.05, 0) is 52.3 Å². The van der Waals surface area contributed by atoms with E-state index in [9.17, 15) is 5.11 Å². The Kier molecular flexibility index (Phi) is 4.95. The molecule has 0 fully saturated rings. The van der Waals surface area contributed by atoms with E-state index in [0.29, 0.717) is 0 Å².